The van der Waals surface area contributed by atoms with Crippen molar-refractivity contribution in [3.63, 3.8) is 0 Å². The van der Waals surface area contributed by atoms with Gasteiger partial charge in [-0.25, -0.2) is 0 Å². The Morgan fingerprint density at radius 1 is 1.27 bits per heavy atom. The van der Waals surface area contributed by atoms with Gasteiger partial charge in [0.2, 0.25) is 0 Å². The summed E-state index contributed by atoms with van der Waals surface area (Å²) in [5.74, 6) is 0. The Morgan fingerprint density at radius 2 is 2.13 bits per heavy atom. The largest absolute Gasteiger partial charge is 0.398 e. The van der Waals surface area contributed by atoms with E-state index in [0.29, 0.717) is 0 Å². The number of hydrogen-bond donors (Lipinski definition) is 1. The van der Waals surface area contributed by atoms with Crippen molar-refractivity contribution in [2.45, 2.75) is 12.8 Å². The number of hydrogen-bond acceptors (Lipinski definition) is 3. The molecule has 0 spiro atoms. The Bertz CT molecular complexity index is 453. The van der Waals surface area contributed by atoms with Crippen LogP contribution in [-0.2, 0) is 12.8 Å². The third-order valence-corrected chi connectivity index (χ3v) is 3.50. The van der Waals surface area contributed by atoms with E-state index in [2.05, 4.69) is 11.1 Å². The van der Waals surface area contributed by atoms with E-state index in [4.69, 9.17) is 17.3 Å². The zero-order valence-electron chi connectivity index (χ0n) is 8.11. The molecule has 15 heavy (non-hydrogen) atoms. The van der Waals surface area contributed by atoms with Crippen molar-refractivity contribution in [1.82, 2.24) is 4.98 Å². The molecule has 2 heterocycles. The van der Waals surface area contributed by atoms with Gasteiger partial charge in [-0.15, -0.1) is 11.3 Å². The first-order chi connectivity index (χ1) is 7.25. The first-order valence-corrected chi connectivity index (χ1v) is 5.88. The van der Waals surface area contributed by atoms with Gasteiger partial charge in [-0.1, -0.05) is 11.6 Å². The molecule has 2 nitrogen and oxygen atoms in total. The molecule has 0 aliphatic carbocycles. The molecule has 0 radical (unpaired) electrons. The Kier molecular flexibility index (Phi) is 3.23. The van der Waals surface area contributed by atoms with Gasteiger partial charge in [-0.05, 0) is 36.6 Å². The summed E-state index contributed by atoms with van der Waals surface area (Å²) in [6, 6.07) is 5.81. The van der Waals surface area contributed by atoms with Crippen molar-refractivity contribution in [3.05, 3.63) is 45.4 Å². The van der Waals surface area contributed by atoms with Crippen LogP contribution in [-0.4, -0.2) is 4.98 Å². The molecule has 0 saturated heterocycles. The number of thiophene rings is 1. The molecule has 4 heteroatoms. The van der Waals surface area contributed by atoms with Gasteiger partial charge in [0, 0.05) is 23.0 Å². The average molecular weight is 239 g/mol. The van der Waals surface area contributed by atoms with Crippen LogP contribution in [0.2, 0.25) is 4.34 Å². The maximum Gasteiger partial charge on any atom is 0.0931 e. The van der Waals surface area contributed by atoms with Gasteiger partial charge in [-0.2, -0.15) is 0 Å². The fraction of sp³-hybridized carbons (Fsp3) is 0.182. The minimum absolute atomic E-state index is 0.813. The lowest BCUT2D eigenvalue weighted by Gasteiger charge is -2.02. The third-order valence-electron chi connectivity index (χ3n) is 2.21. The van der Waals surface area contributed by atoms with Gasteiger partial charge >= 0.3 is 0 Å². The third kappa shape index (κ3) is 2.70. The topological polar surface area (TPSA) is 38.9 Å². The number of aryl methyl sites for hydroxylation is 2. The summed E-state index contributed by atoms with van der Waals surface area (Å²) in [6.45, 7) is 0. The SMILES string of the molecule is Nc1ccncc1CCc1ccc(Cl)s1. The van der Waals surface area contributed by atoms with Crippen LogP contribution >= 0.6 is 22.9 Å². The van der Waals surface area contributed by atoms with Crippen molar-refractivity contribution in [1.29, 1.82) is 0 Å². The molecule has 0 aliphatic rings. The summed E-state index contributed by atoms with van der Waals surface area (Å²) in [4.78, 5) is 5.34. The fourth-order valence-corrected chi connectivity index (χ4v) is 2.48. The molecule has 2 aromatic heterocycles. The molecule has 2 rings (SSSR count). The molecule has 0 saturated carbocycles. The minimum Gasteiger partial charge on any atom is -0.398 e. The average Bonchev–Trinajstić information content (AvgIpc) is 2.63. The molecule has 0 amide bonds. The maximum absolute atomic E-state index is 5.85. The zero-order valence-corrected chi connectivity index (χ0v) is 9.68. The van der Waals surface area contributed by atoms with Crippen molar-refractivity contribution >= 4 is 28.6 Å². The van der Waals surface area contributed by atoms with Crippen LogP contribution in [0, 0.1) is 0 Å². The predicted molar refractivity (Wildman–Crippen MR) is 65.4 cm³/mol. The van der Waals surface area contributed by atoms with Gasteiger partial charge in [-0.3, -0.25) is 4.98 Å². The number of nitrogens with zero attached hydrogens (tertiary/aromatic N) is 1. The van der Waals surface area contributed by atoms with Gasteiger partial charge in [0.25, 0.3) is 0 Å². The smallest absolute Gasteiger partial charge is 0.0931 e. The van der Waals surface area contributed by atoms with Crippen LogP contribution in [0.4, 0.5) is 5.69 Å². The number of anilines is 1. The molecule has 0 atom stereocenters. The lowest BCUT2D eigenvalue weighted by atomic mass is 10.1. The van der Waals surface area contributed by atoms with Gasteiger partial charge < -0.3 is 5.73 Å². The first-order valence-electron chi connectivity index (χ1n) is 4.68. The summed E-state index contributed by atoms with van der Waals surface area (Å²) in [7, 11) is 0. The van der Waals surface area contributed by atoms with Gasteiger partial charge in [0.15, 0.2) is 0 Å². The molecular formula is C11H11ClN2S. The van der Waals surface area contributed by atoms with Crippen molar-refractivity contribution < 1.29 is 0 Å². The highest BCUT2D eigenvalue weighted by Crippen LogP contribution is 2.23. The standard InChI is InChI=1S/C11H11ClN2S/c12-11-4-3-9(15-11)2-1-8-7-14-6-5-10(8)13/h3-7H,1-2H2,(H2,13,14). The highest BCUT2D eigenvalue weighted by molar-refractivity contribution is 7.16. The summed E-state index contributed by atoms with van der Waals surface area (Å²) < 4.78 is 0.837. The van der Waals surface area contributed by atoms with E-state index in [1.165, 1.54) is 4.88 Å². The Balaban J connectivity index is 2.02. The van der Waals surface area contributed by atoms with Crippen molar-refractivity contribution in [2.75, 3.05) is 5.73 Å². The number of pyridine rings is 1. The molecule has 78 valence electrons. The second-order valence-corrected chi connectivity index (χ2v) is 5.08. The highest BCUT2D eigenvalue weighted by Gasteiger charge is 2.01. The quantitative estimate of drug-likeness (QED) is 0.892. The van der Waals surface area contributed by atoms with Gasteiger partial charge in [0.05, 0.1) is 4.34 Å². The molecule has 0 aromatic carbocycles. The minimum atomic E-state index is 0.813. The van der Waals surface area contributed by atoms with Crippen LogP contribution in [0.5, 0.6) is 0 Å². The highest BCUT2D eigenvalue weighted by atomic mass is 35.5. The van der Waals surface area contributed by atoms with Crippen molar-refractivity contribution in [3.8, 4) is 0 Å². The van der Waals surface area contributed by atoms with E-state index in [-0.39, 0.29) is 0 Å². The van der Waals surface area contributed by atoms with E-state index in [0.717, 1.165) is 28.4 Å². The maximum atomic E-state index is 5.85. The van der Waals surface area contributed by atoms with Crippen LogP contribution in [0.25, 0.3) is 0 Å². The molecule has 0 aliphatic heterocycles. The van der Waals surface area contributed by atoms with Crippen LogP contribution in [0.1, 0.15) is 10.4 Å². The molecular weight excluding hydrogens is 228 g/mol. The van der Waals surface area contributed by atoms with E-state index in [1.807, 2.05) is 18.3 Å². The monoisotopic (exact) mass is 238 g/mol. The number of halogens is 1. The second-order valence-electron chi connectivity index (χ2n) is 3.28. The second kappa shape index (κ2) is 4.64. The molecule has 2 N–H and O–H groups in total. The molecule has 0 fully saturated rings. The Labute approximate surface area is 97.7 Å². The van der Waals surface area contributed by atoms with Crippen LogP contribution in [0.3, 0.4) is 0 Å². The van der Waals surface area contributed by atoms with E-state index in [9.17, 15) is 0 Å². The normalized spacial score (nSPS) is 10.5. The van der Waals surface area contributed by atoms with Crippen molar-refractivity contribution in [2.24, 2.45) is 0 Å². The predicted octanol–water partition coefficient (Wildman–Crippen LogP) is 3.16. The van der Waals surface area contributed by atoms with Gasteiger partial charge in [0.1, 0.15) is 0 Å². The Morgan fingerprint density at radius 3 is 2.80 bits per heavy atom. The number of rotatable bonds is 3. The van der Waals surface area contributed by atoms with Crippen LogP contribution < -0.4 is 5.73 Å². The molecule has 0 unspecified atom stereocenters. The summed E-state index contributed by atoms with van der Waals surface area (Å²) in [5.41, 5.74) is 7.74. The summed E-state index contributed by atoms with van der Waals surface area (Å²) in [6.07, 6.45) is 5.41. The lowest BCUT2D eigenvalue weighted by molar-refractivity contribution is 0.972. The number of nitrogens with two attached hydrogens (primary N) is 1. The first kappa shape index (κ1) is 10.5. The zero-order chi connectivity index (χ0) is 10.7. The van der Waals surface area contributed by atoms with E-state index >= 15 is 0 Å². The summed E-state index contributed by atoms with van der Waals surface area (Å²) in [5, 5.41) is 0. The number of aromatic nitrogens is 1. The Hall–Kier alpha value is -1.06. The fourth-order valence-electron chi connectivity index (χ4n) is 1.39. The number of nitrogen functional groups attached to an aromatic ring is 1. The molecule has 0 bridgehead atoms. The summed E-state index contributed by atoms with van der Waals surface area (Å²) >= 11 is 7.47. The van der Waals surface area contributed by atoms with E-state index in [1.54, 1.807) is 17.5 Å². The van der Waals surface area contributed by atoms with Crippen LogP contribution in [0.15, 0.2) is 30.6 Å². The van der Waals surface area contributed by atoms with E-state index < -0.39 is 0 Å². The lowest BCUT2D eigenvalue weighted by Crippen LogP contribution is -1.96. The molecule has 2 aromatic rings.